The summed E-state index contributed by atoms with van der Waals surface area (Å²) in [6.45, 7) is 3.67. The number of hydrogen-bond acceptors (Lipinski definition) is 2. The zero-order chi connectivity index (χ0) is 14.1. The molecule has 1 amide bonds. The van der Waals surface area contributed by atoms with E-state index in [1.54, 1.807) is 7.11 Å². The van der Waals surface area contributed by atoms with Crippen molar-refractivity contribution < 1.29 is 14.4 Å². The number of hydrogen-bond donors (Lipinski definition) is 2. The van der Waals surface area contributed by atoms with E-state index in [9.17, 15) is 4.79 Å². The molecule has 1 aromatic carbocycles. The van der Waals surface area contributed by atoms with E-state index in [1.807, 2.05) is 29.2 Å². The van der Waals surface area contributed by atoms with Crippen molar-refractivity contribution in [1.82, 2.24) is 9.88 Å². The van der Waals surface area contributed by atoms with Gasteiger partial charge in [-0.2, -0.15) is 0 Å². The van der Waals surface area contributed by atoms with Crippen molar-refractivity contribution in [2.24, 2.45) is 0 Å². The van der Waals surface area contributed by atoms with Crippen LogP contribution in [0.1, 0.15) is 10.5 Å². The minimum atomic E-state index is 0.0904. The molecule has 1 aliphatic heterocycles. The van der Waals surface area contributed by atoms with Crippen molar-refractivity contribution in [3.05, 3.63) is 30.0 Å². The summed E-state index contributed by atoms with van der Waals surface area (Å²) >= 11 is 0. The lowest BCUT2D eigenvalue weighted by atomic mass is 10.2. The molecule has 0 aliphatic carbocycles. The van der Waals surface area contributed by atoms with Gasteiger partial charge in [0.2, 0.25) is 0 Å². The summed E-state index contributed by atoms with van der Waals surface area (Å²) in [5.74, 6) is 0.895. The van der Waals surface area contributed by atoms with E-state index >= 15 is 0 Å². The Labute approximate surface area is 118 Å². The zero-order valence-electron chi connectivity index (χ0n) is 11.9. The molecular weight excluding hydrogens is 254 g/mol. The van der Waals surface area contributed by atoms with Crippen LogP contribution in [0.5, 0.6) is 5.75 Å². The summed E-state index contributed by atoms with van der Waals surface area (Å²) in [5.41, 5.74) is 1.63. The first kappa shape index (κ1) is 13.0. The van der Waals surface area contributed by atoms with Crippen LogP contribution in [0.3, 0.4) is 0 Å². The molecular formula is C15H20N3O2+. The maximum atomic E-state index is 12.5. The fourth-order valence-electron chi connectivity index (χ4n) is 2.61. The fourth-order valence-corrected chi connectivity index (χ4v) is 2.61. The average Bonchev–Trinajstić information content (AvgIpc) is 2.90. The lowest BCUT2D eigenvalue weighted by molar-refractivity contribution is -0.883. The minimum absolute atomic E-state index is 0.0904. The number of aromatic amines is 1. The standard InChI is InChI=1S/C15H19N3O2/c1-17-5-7-18(8-6-17)15(19)14-10-11-9-12(20-2)3-4-13(11)16-14/h3-4,9-10,16H,5-8H2,1-2H3/p+1. The van der Waals surface area contributed by atoms with E-state index in [0.29, 0.717) is 5.69 Å². The van der Waals surface area contributed by atoms with Gasteiger partial charge in [-0.05, 0) is 24.3 Å². The van der Waals surface area contributed by atoms with E-state index in [4.69, 9.17) is 4.74 Å². The van der Waals surface area contributed by atoms with Crippen LogP contribution in [0.2, 0.25) is 0 Å². The van der Waals surface area contributed by atoms with E-state index in [1.165, 1.54) is 4.90 Å². The van der Waals surface area contributed by atoms with Crippen molar-refractivity contribution in [3.8, 4) is 5.75 Å². The SMILES string of the molecule is COc1ccc2[nH]c(C(=O)N3CC[NH+](C)CC3)cc2c1. The minimum Gasteiger partial charge on any atom is -0.497 e. The first-order valence-corrected chi connectivity index (χ1v) is 6.95. The Morgan fingerprint density at radius 1 is 1.30 bits per heavy atom. The number of amides is 1. The number of carbonyl (C=O) groups is 1. The molecule has 5 nitrogen and oxygen atoms in total. The molecule has 2 N–H and O–H groups in total. The molecule has 3 rings (SSSR count). The molecule has 1 aromatic heterocycles. The van der Waals surface area contributed by atoms with E-state index in [0.717, 1.165) is 42.8 Å². The van der Waals surface area contributed by atoms with Gasteiger partial charge in [0.25, 0.3) is 5.91 Å². The van der Waals surface area contributed by atoms with Gasteiger partial charge in [0, 0.05) is 10.9 Å². The number of ether oxygens (including phenoxy) is 1. The topological polar surface area (TPSA) is 49.8 Å². The van der Waals surface area contributed by atoms with Gasteiger partial charge in [-0.15, -0.1) is 0 Å². The average molecular weight is 274 g/mol. The Hall–Kier alpha value is -2.01. The third-order valence-electron chi connectivity index (χ3n) is 3.96. The molecule has 0 radical (unpaired) electrons. The van der Waals surface area contributed by atoms with Crippen molar-refractivity contribution in [3.63, 3.8) is 0 Å². The van der Waals surface area contributed by atoms with Crippen LogP contribution in [-0.4, -0.2) is 56.1 Å². The summed E-state index contributed by atoms with van der Waals surface area (Å²) in [6.07, 6.45) is 0. The van der Waals surface area contributed by atoms with Gasteiger partial charge in [-0.25, -0.2) is 0 Å². The summed E-state index contributed by atoms with van der Waals surface area (Å²) in [6, 6.07) is 7.69. The number of H-pyrrole nitrogens is 1. The Morgan fingerprint density at radius 3 is 2.75 bits per heavy atom. The Balaban J connectivity index is 1.84. The van der Waals surface area contributed by atoms with Crippen LogP contribution in [-0.2, 0) is 0 Å². The largest absolute Gasteiger partial charge is 0.497 e. The van der Waals surface area contributed by atoms with Gasteiger partial charge < -0.3 is 19.5 Å². The molecule has 20 heavy (non-hydrogen) atoms. The lowest BCUT2D eigenvalue weighted by Gasteiger charge is -2.29. The third-order valence-corrected chi connectivity index (χ3v) is 3.96. The Kier molecular flexibility index (Phi) is 3.36. The van der Waals surface area contributed by atoms with E-state index < -0.39 is 0 Å². The number of quaternary nitrogens is 1. The molecule has 0 spiro atoms. The number of aromatic nitrogens is 1. The van der Waals surface area contributed by atoms with Crippen LogP contribution >= 0.6 is 0 Å². The highest BCUT2D eigenvalue weighted by Crippen LogP contribution is 2.22. The zero-order valence-corrected chi connectivity index (χ0v) is 11.9. The van der Waals surface area contributed by atoms with Crippen molar-refractivity contribution in [2.45, 2.75) is 0 Å². The molecule has 5 heteroatoms. The molecule has 0 unspecified atom stereocenters. The van der Waals surface area contributed by atoms with E-state index in [-0.39, 0.29) is 5.91 Å². The number of carbonyl (C=O) groups excluding carboxylic acids is 1. The van der Waals surface area contributed by atoms with Gasteiger partial charge in [0.15, 0.2) is 0 Å². The number of fused-ring (bicyclic) bond motifs is 1. The summed E-state index contributed by atoms with van der Waals surface area (Å²) in [5, 5.41) is 1.01. The van der Waals surface area contributed by atoms with Crippen LogP contribution in [0, 0.1) is 0 Å². The molecule has 106 valence electrons. The summed E-state index contributed by atoms with van der Waals surface area (Å²) < 4.78 is 5.21. The highest BCUT2D eigenvalue weighted by atomic mass is 16.5. The molecule has 0 saturated carbocycles. The van der Waals surface area contributed by atoms with Crippen molar-refractivity contribution in [1.29, 1.82) is 0 Å². The third kappa shape index (κ3) is 2.36. The normalized spacial score (nSPS) is 16.6. The number of benzene rings is 1. The Bertz CT molecular complexity index is 627. The first-order chi connectivity index (χ1) is 9.67. The van der Waals surface area contributed by atoms with Gasteiger partial charge in [-0.3, -0.25) is 4.79 Å². The van der Waals surface area contributed by atoms with E-state index in [2.05, 4.69) is 12.0 Å². The molecule has 0 atom stereocenters. The Morgan fingerprint density at radius 2 is 2.05 bits per heavy atom. The highest BCUT2D eigenvalue weighted by molar-refractivity contribution is 5.98. The summed E-state index contributed by atoms with van der Waals surface area (Å²) in [7, 11) is 3.81. The fraction of sp³-hybridized carbons (Fsp3) is 0.400. The molecule has 1 fully saturated rings. The van der Waals surface area contributed by atoms with Crippen LogP contribution in [0.25, 0.3) is 10.9 Å². The maximum Gasteiger partial charge on any atom is 0.270 e. The number of nitrogens with zero attached hydrogens (tertiary/aromatic N) is 1. The predicted octanol–water partition coefficient (Wildman–Crippen LogP) is 0.147. The number of piperazine rings is 1. The van der Waals surface area contributed by atoms with Crippen molar-refractivity contribution in [2.75, 3.05) is 40.3 Å². The molecule has 0 bridgehead atoms. The first-order valence-electron chi connectivity index (χ1n) is 6.95. The smallest absolute Gasteiger partial charge is 0.270 e. The van der Waals surface area contributed by atoms with Crippen molar-refractivity contribution >= 4 is 16.8 Å². The number of nitrogens with one attached hydrogen (secondary N) is 2. The predicted molar refractivity (Wildman–Crippen MR) is 77.4 cm³/mol. The molecule has 1 saturated heterocycles. The highest BCUT2D eigenvalue weighted by Gasteiger charge is 2.23. The summed E-state index contributed by atoms with van der Waals surface area (Å²) in [4.78, 5) is 19.1. The molecule has 2 aromatic rings. The monoisotopic (exact) mass is 274 g/mol. The quantitative estimate of drug-likeness (QED) is 0.819. The van der Waals surface area contributed by atoms with Gasteiger partial charge >= 0.3 is 0 Å². The van der Waals surface area contributed by atoms with Crippen LogP contribution < -0.4 is 9.64 Å². The molecule has 2 heterocycles. The lowest BCUT2D eigenvalue weighted by Crippen LogP contribution is -3.12. The van der Waals surface area contributed by atoms with Gasteiger partial charge in [0.1, 0.15) is 11.4 Å². The maximum absolute atomic E-state index is 12.5. The number of likely N-dealkylation sites (N-methyl/N-ethyl adjacent to an activating group) is 1. The number of rotatable bonds is 2. The number of methoxy groups -OCH3 is 1. The molecule has 1 aliphatic rings. The second-order valence-electron chi connectivity index (χ2n) is 5.39. The second-order valence-corrected chi connectivity index (χ2v) is 5.39. The van der Waals surface area contributed by atoms with Gasteiger partial charge in [0.05, 0.1) is 40.3 Å². The van der Waals surface area contributed by atoms with Gasteiger partial charge in [-0.1, -0.05) is 0 Å². The van der Waals surface area contributed by atoms with Crippen LogP contribution in [0.4, 0.5) is 0 Å². The second kappa shape index (κ2) is 5.17. The van der Waals surface area contributed by atoms with Crippen LogP contribution in [0.15, 0.2) is 24.3 Å².